The summed E-state index contributed by atoms with van der Waals surface area (Å²) in [5.41, 5.74) is 8.21. The largest absolute Gasteiger partial charge is 0.380 e. The minimum Gasteiger partial charge on any atom is -0.380 e. The van der Waals surface area contributed by atoms with E-state index in [1.165, 1.54) is 37.3 Å². The summed E-state index contributed by atoms with van der Waals surface area (Å²) in [5.74, 6) is -0.994. The lowest BCUT2D eigenvalue weighted by Gasteiger charge is -2.22. The average Bonchev–Trinajstić information content (AvgIpc) is 2.62. The number of carbonyl (C=O) groups excluding carboxylic acids is 1. The van der Waals surface area contributed by atoms with Crippen LogP contribution < -0.4 is 5.32 Å². The fraction of sp³-hybridized carbons (Fsp3) is 0.222. The summed E-state index contributed by atoms with van der Waals surface area (Å²) in [6, 6.07) is 11.9. The Kier molecular flexibility index (Phi) is 5.91. The highest BCUT2D eigenvalue weighted by Gasteiger charge is 2.30. The van der Waals surface area contributed by atoms with Crippen LogP contribution >= 0.6 is 0 Å². The molecular formula is C18H16FN5O2. The van der Waals surface area contributed by atoms with Crippen LogP contribution in [-0.4, -0.2) is 16.6 Å². The highest BCUT2D eigenvalue weighted by atomic mass is 19.1. The number of hydrogen-bond donors (Lipinski definition) is 2. The zero-order valence-corrected chi connectivity index (χ0v) is 14.0. The van der Waals surface area contributed by atoms with Crippen LogP contribution in [0.25, 0.3) is 10.4 Å². The van der Waals surface area contributed by atoms with Gasteiger partial charge in [-0.3, -0.25) is 4.79 Å². The van der Waals surface area contributed by atoms with E-state index in [0.29, 0.717) is 12.1 Å². The Bertz CT molecular complexity index is 897. The number of halogens is 1. The van der Waals surface area contributed by atoms with Gasteiger partial charge in [-0.1, -0.05) is 17.2 Å². The van der Waals surface area contributed by atoms with E-state index in [1.807, 2.05) is 6.07 Å². The van der Waals surface area contributed by atoms with Crippen molar-refractivity contribution in [2.45, 2.75) is 25.4 Å². The van der Waals surface area contributed by atoms with Crippen molar-refractivity contribution in [2.24, 2.45) is 5.11 Å². The number of aliphatic hydroxyl groups is 1. The van der Waals surface area contributed by atoms with E-state index in [0.717, 1.165) is 5.56 Å². The first-order chi connectivity index (χ1) is 12.4. The molecule has 2 aromatic rings. The van der Waals surface area contributed by atoms with Crippen molar-refractivity contribution in [3.8, 4) is 6.07 Å². The van der Waals surface area contributed by atoms with E-state index in [9.17, 15) is 14.3 Å². The van der Waals surface area contributed by atoms with Gasteiger partial charge in [0.2, 0.25) is 0 Å². The molecule has 132 valence electrons. The fourth-order valence-corrected chi connectivity index (χ4v) is 2.25. The molecule has 2 N–H and O–H groups in total. The first-order valence-electron chi connectivity index (χ1n) is 7.73. The molecule has 0 spiro atoms. The smallest absolute Gasteiger partial charge is 0.256 e. The van der Waals surface area contributed by atoms with Gasteiger partial charge in [0.15, 0.2) is 0 Å². The minimum atomic E-state index is -1.67. The minimum absolute atomic E-state index is 0.0822. The summed E-state index contributed by atoms with van der Waals surface area (Å²) in [6.07, 6.45) is 0.516. The molecule has 0 heterocycles. The molecule has 0 aromatic heterocycles. The van der Waals surface area contributed by atoms with Crippen LogP contribution in [0.15, 0.2) is 47.6 Å². The Hall–Kier alpha value is -3.40. The van der Waals surface area contributed by atoms with Crippen LogP contribution in [0.4, 0.5) is 15.8 Å². The predicted molar refractivity (Wildman–Crippen MR) is 93.9 cm³/mol. The summed E-state index contributed by atoms with van der Waals surface area (Å²) >= 11 is 0. The zero-order chi connectivity index (χ0) is 19.2. The maximum Gasteiger partial charge on any atom is 0.256 e. The second-order valence-electron chi connectivity index (χ2n) is 5.89. The van der Waals surface area contributed by atoms with Crippen LogP contribution in [0.1, 0.15) is 24.5 Å². The first kappa shape index (κ1) is 18.9. The van der Waals surface area contributed by atoms with Crippen LogP contribution in [0, 0.1) is 17.1 Å². The third kappa shape index (κ3) is 4.80. The van der Waals surface area contributed by atoms with E-state index in [2.05, 4.69) is 15.3 Å². The molecular weight excluding hydrogens is 337 g/mol. The van der Waals surface area contributed by atoms with E-state index in [4.69, 9.17) is 10.8 Å². The molecule has 0 aliphatic rings. The Morgan fingerprint density at radius 1 is 1.38 bits per heavy atom. The standard InChI is InChI=1S/C18H16FN5O2/c1-18(26,9-8-12-2-5-14(19)6-3-12)17(25)22-15-7-4-13(11-20)16(10-15)23-24-21/h2-7,10,26H,8-9H2,1H3,(H,22,25)/t18-/m0/s1. The number of nitriles is 1. The van der Waals surface area contributed by atoms with Gasteiger partial charge in [-0.2, -0.15) is 5.26 Å². The Balaban J connectivity index is 2.07. The van der Waals surface area contributed by atoms with Crippen molar-refractivity contribution in [2.75, 3.05) is 5.32 Å². The monoisotopic (exact) mass is 353 g/mol. The molecule has 1 atom stereocenters. The number of anilines is 1. The number of hydrogen-bond acceptors (Lipinski definition) is 4. The number of benzene rings is 2. The quantitative estimate of drug-likeness (QED) is 0.464. The Labute approximate surface area is 149 Å². The molecule has 0 radical (unpaired) electrons. The normalized spacial score (nSPS) is 12.4. The second kappa shape index (κ2) is 8.12. The highest BCUT2D eigenvalue weighted by molar-refractivity contribution is 5.97. The summed E-state index contributed by atoms with van der Waals surface area (Å²) in [6.45, 7) is 1.38. The van der Waals surface area contributed by atoms with Crippen LogP contribution in [0.2, 0.25) is 0 Å². The molecule has 0 aliphatic carbocycles. The molecule has 0 saturated carbocycles. The second-order valence-corrected chi connectivity index (χ2v) is 5.89. The van der Waals surface area contributed by atoms with Crippen molar-refractivity contribution < 1.29 is 14.3 Å². The molecule has 7 nitrogen and oxygen atoms in total. The Morgan fingerprint density at radius 2 is 2.08 bits per heavy atom. The number of carbonyl (C=O) groups is 1. The molecule has 2 aromatic carbocycles. The Morgan fingerprint density at radius 3 is 2.69 bits per heavy atom. The van der Waals surface area contributed by atoms with E-state index >= 15 is 0 Å². The molecule has 0 saturated heterocycles. The third-order valence-electron chi connectivity index (χ3n) is 3.83. The SMILES string of the molecule is C[C@](O)(CCc1ccc(F)cc1)C(=O)Nc1ccc(C#N)c(N=[N+]=[N-])c1. The molecule has 0 bridgehead atoms. The zero-order valence-electron chi connectivity index (χ0n) is 14.0. The van der Waals surface area contributed by atoms with Crippen molar-refractivity contribution in [1.29, 1.82) is 5.26 Å². The summed E-state index contributed by atoms with van der Waals surface area (Å²) in [5, 5.41) is 25.3. The number of aryl methyl sites for hydroxylation is 1. The number of rotatable bonds is 6. The van der Waals surface area contributed by atoms with Gasteiger partial charge in [0.25, 0.3) is 5.91 Å². The van der Waals surface area contributed by atoms with Gasteiger partial charge < -0.3 is 10.4 Å². The van der Waals surface area contributed by atoms with E-state index in [-0.39, 0.29) is 23.5 Å². The van der Waals surface area contributed by atoms with Gasteiger partial charge in [-0.25, -0.2) is 4.39 Å². The van der Waals surface area contributed by atoms with Gasteiger partial charge in [-0.05, 0) is 61.2 Å². The van der Waals surface area contributed by atoms with Gasteiger partial charge in [-0.15, -0.1) is 0 Å². The fourth-order valence-electron chi connectivity index (χ4n) is 2.25. The topological polar surface area (TPSA) is 122 Å². The predicted octanol–water partition coefficient (Wildman–Crippen LogP) is 3.96. The summed E-state index contributed by atoms with van der Waals surface area (Å²) < 4.78 is 12.9. The number of nitrogens with zero attached hydrogens (tertiary/aromatic N) is 4. The van der Waals surface area contributed by atoms with Crippen molar-refractivity contribution in [3.63, 3.8) is 0 Å². The van der Waals surface area contributed by atoms with Crippen molar-refractivity contribution >= 4 is 17.3 Å². The van der Waals surface area contributed by atoms with Crippen LogP contribution in [-0.2, 0) is 11.2 Å². The lowest BCUT2D eigenvalue weighted by molar-refractivity contribution is -0.132. The maximum absolute atomic E-state index is 12.9. The third-order valence-corrected chi connectivity index (χ3v) is 3.83. The van der Waals surface area contributed by atoms with Gasteiger partial charge in [0.05, 0.1) is 17.3 Å². The van der Waals surface area contributed by atoms with Gasteiger partial charge >= 0.3 is 0 Å². The number of azide groups is 1. The van der Waals surface area contributed by atoms with Gasteiger partial charge in [0, 0.05) is 10.6 Å². The van der Waals surface area contributed by atoms with Gasteiger partial charge in [0.1, 0.15) is 11.4 Å². The summed E-state index contributed by atoms with van der Waals surface area (Å²) in [4.78, 5) is 15.0. The number of nitrogens with one attached hydrogen (secondary N) is 1. The maximum atomic E-state index is 12.9. The molecule has 0 unspecified atom stereocenters. The van der Waals surface area contributed by atoms with E-state index in [1.54, 1.807) is 12.1 Å². The van der Waals surface area contributed by atoms with E-state index < -0.39 is 11.5 Å². The number of amides is 1. The lowest BCUT2D eigenvalue weighted by atomic mass is 9.95. The average molecular weight is 353 g/mol. The first-order valence-corrected chi connectivity index (χ1v) is 7.73. The van der Waals surface area contributed by atoms with Crippen LogP contribution in [0.3, 0.4) is 0 Å². The summed E-state index contributed by atoms with van der Waals surface area (Å²) in [7, 11) is 0. The molecule has 26 heavy (non-hydrogen) atoms. The van der Waals surface area contributed by atoms with Crippen LogP contribution in [0.5, 0.6) is 0 Å². The van der Waals surface area contributed by atoms with Crippen molar-refractivity contribution in [3.05, 3.63) is 69.9 Å². The molecule has 0 aliphatic heterocycles. The molecule has 1 amide bonds. The molecule has 2 rings (SSSR count). The lowest BCUT2D eigenvalue weighted by Crippen LogP contribution is -2.40. The highest BCUT2D eigenvalue weighted by Crippen LogP contribution is 2.25. The molecule has 0 fully saturated rings. The molecule has 8 heteroatoms. The van der Waals surface area contributed by atoms with Crippen molar-refractivity contribution in [1.82, 2.24) is 0 Å².